The summed E-state index contributed by atoms with van der Waals surface area (Å²) in [6, 6.07) is 18.7. The molecule has 0 bridgehead atoms. The van der Waals surface area contributed by atoms with Crippen LogP contribution in [0.2, 0.25) is 0 Å². The Hall–Kier alpha value is -2.94. The molecule has 0 saturated carbocycles. The van der Waals surface area contributed by atoms with Gasteiger partial charge in [-0.1, -0.05) is 36.4 Å². The van der Waals surface area contributed by atoms with Gasteiger partial charge in [0.25, 0.3) is 0 Å². The highest BCUT2D eigenvalue weighted by Crippen LogP contribution is 2.33. The summed E-state index contributed by atoms with van der Waals surface area (Å²) >= 11 is 0. The van der Waals surface area contributed by atoms with E-state index in [1.165, 1.54) is 11.1 Å². The molecule has 0 aliphatic carbocycles. The van der Waals surface area contributed by atoms with Gasteiger partial charge in [-0.25, -0.2) is 0 Å². The molecule has 0 saturated heterocycles. The van der Waals surface area contributed by atoms with Crippen LogP contribution in [0.15, 0.2) is 67.0 Å². The van der Waals surface area contributed by atoms with E-state index < -0.39 is 0 Å². The highest BCUT2D eigenvalue weighted by molar-refractivity contribution is 5.95. The normalized spacial score (nSPS) is 13.2. The Morgan fingerprint density at radius 1 is 0.958 bits per heavy atom. The van der Waals surface area contributed by atoms with E-state index in [9.17, 15) is 4.79 Å². The number of nitrogens with one attached hydrogen (secondary N) is 1. The van der Waals surface area contributed by atoms with E-state index >= 15 is 0 Å². The maximum absolute atomic E-state index is 11.9. The van der Waals surface area contributed by atoms with Gasteiger partial charge in [0.1, 0.15) is 0 Å². The first-order valence-electron chi connectivity index (χ1n) is 8.19. The molecule has 1 N–H and O–H groups in total. The molecule has 1 aromatic heterocycles. The number of carbonyl (C=O) groups excluding carboxylic acids is 1. The van der Waals surface area contributed by atoms with Gasteiger partial charge >= 0.3 is 0 Å². The zero-order valence-electron chi connectivity index (χ0n) is 13.3. The van der Waals surface area contributed by atoms with Gasteiger partial charge < -0.3 is 5.32 Å². The third-order valence-electron chi connectivity index (χ3n) is 4.42. The summed E-state index contributed by atoms with van der Waals surface area (Å²) in [7, 11) is 0. The summed E-state index contributed by atoms with van der Waals surface area (Å²) in [4.78, 5) is 16.1. The van der Waals surface area contributed by atoms with Gasteiger partial charge in [0.2, 0.25) is 5.91 Å². The molecule has 118 valence electrons. The average molecular weight is 314 g/mol. The molecular formula is C21H18N2O. The fourth-order valence-corrected chi connectivity index (χ4v) is 3.23. The minimum atomic E-state index is 0.103. The first kappa shape index (κ1) is 14.6. The summed E-state index contributed by atoms with van der Waals surface area (Å²) in [5.41, 5.74) is 6.86. The number of hydrogen-bond acceptors (Lipinski definition) is 2. The fraction of sp³-hybridized carbons (Fsp3) is 0.143. The lowest BCUT2D eigenvalue weighted by Gasteiger charge is -2.22. The van der Waals surface area contributed by atoms with E-state index in [1.807, 2.05) is 30.5 Å². The van der Waals surface area contributed by atoms with Crippen LogP contribution in [0.5, 0.6) is 0 Å². The molecule has 2 aromatic carbocycles. The fourth-order valence-electron chi connectivity index (χ4n) is 3.23. The third kappa shape index (κ3) is 2.93. The SMILES string of the molecule is O=C1CCc2cc(-c3cccnc3)cc(Cc3ccccc3)c2N1. The van der Waals surface area contributed by atoms with Crippen molar-refractivity contribution in [2.45, 2.75) is 19.3 Å². The number of amides is 1. The van der Waals surface area contributed by atoms with Crippen molar-refractivity contribution in [3.05, 3.63) is 83.7 Å². The highest BCUT2D eigenvalue weighted by Gasteiger charge is 2.19. The molecule has 3 nitrogen and oxygen atoms in total. The van der Waals surface area contributed by atoms with Crippen LogP contribution in [0, 0.1) is 0 Å². The molecule has 0 unspecified atom stereocenters. The van der Waals surface area contributed by atoms with Crippen LogP contribution in [0.1, 0.15) is 23.1 Å². The predicted molar refractivity (Wildman–Crippen MR) is 95.9 cm³/mol. The van der Waals surface area contributed by atoms with Gasteiger partial charge in [-0.05, 0) is 53.3 Å². The number of anilines is 1. The van der Waals surface area contributed by atoms with Gasteiger partial charge in [0, 0.05) is 30.1 Å². The standard InChI is InChI=1S/C21H18N2O/c24-20-9-8-16-12-18(17-7-4-10-22-14-17)13-19(21(16)23-20)11-15-5-2-1-3-6-15/h1-7,10,12-14H,8-9,11H2,(H,23,24). The first-order chi connectivity index (χ1) is 11.8. The lowest BCUT2D eigenvalue weighted by molar-refractivity contribution is -0.116. The van der Waals surface area contributed by atoms with Gasteiger partial charge in [-0.2, -0.15) is 0 Å². The maximum atomic E-state index is 11.9. The van der Waals surface area contributed by atoms with E-state index in [-0.39, 0.29) is 5.91 Å². The van der Waals surface area contributed by atoms with Crippen molar-refractivity contribution >= 4 is 11.6 Å². The molecule has 1 amide bonds. The monoisotopic (exact) mass is 314 g/mol. The molecule has 1 aliphatic heterocycles. The van der Waals surface area contributed by atoms with E-state index in [0.29, 0.717) is 6.42 Å². The van der Waals surface area contributed by atoms with Crippen molar-refractivity contribution in [2.24, 2.45) is 0 Å². The Morgan fingerprint density at radius 2 is 1.83 bits per heavy atom. The number of aryl methyl sites for hydroxylation is 1. The van der Waals surface area contributed by atoms with E-state index in [1.54, 1.807) is 6.20 Å². The molecule has 0 atom stereocenters. The van der Waals surface area contributed by atoms with Crippen LogP contribution in [-0.2, 0) is 17.6 Å². The van der Waals surface area contributed by atoms with Crippen molar-refractivity contribution in [2.75, 3.05) is 5.32 Å². The number of aromatic nitrogens is 1. The summed E-state index contributed by atoms with van der Waals surface area (Å²) in [6.45, 7) is 0. The molecule has 3 heteroatoms. The van der Waals surface area contributed by atoms with E-state index in [2.05, 4.69) is 40.6 Å². The molecule has 2 heterocycles. The van der Waals surface area contributed by atoms with Gasteiger partial charge in [-0.3, -0.25) is 9.78 Å². The van der Waals surface area contributed by atoms with Crippen LogP contribution in [0.3, 0.4) is 0 Å². The Balaban J connectivity index is 1.81. The highest BCUT2D eigenvalue weighted by atomic mass is 16.1. The number of carbonyl (C=O) groups is 1. The molecule has 0 spiro atoms. The van der Waals surface area contributed by atoms with Crippen LogP contribution in [0.4, 0.5) is 5.69 Å². The topological polar surface area (TPSA) is 42.0 Å². The van der Waals surface area contributed by atoms with Gasteiger partial charge in [0.05, 0.1) is 0 Å². The zero-order chi connectivity index (χ0) is 16.4. The minimum Gasteiger partial charge on any atom is -0.326 e. The van der Waals surface area contributed by atoms with Crippen LogP contribution in [-0.4, -0.2) is 10.9 Å². The quantitative estimate of drug-likeness (QED) is 0.786. The van der Waals surface area contributed by atoms with Crippen molar-refractivity contribution in [1.82, 2.24) is 4.98 Å². The number of fused-ring (bicyclic) bond motifs is 1. The Morgan fingerprint density at radius 3 is 2.62 bits per heavy atom. The molecule has 1 aliphatic rings. The summed E-state index contributed by atoms with van der Waals surface area (Å²) in [6.07, 6.45) is 5.81. The zero-order valence-corrected chi connectivity index (χ0v) is 13.3. The number of rotatable bonds is 3. The summed E-state index contributed by atoms with van der Waals surface area (Å²) < 4.78 is 0. The predicted octanol–water partition coefficient (Wildman–Crippen LogP) is 4.22. The van der Waals surface area contributed by atoms with Gasteiger partial charge in [-0.15, -0.1) is 0 Å². The Bertz CT molecular complexity index is 873. The van der Waals surface area contributed by atoms with Crippen LogP contribution in [0.25, 0.3) is 11.1 Å². The first-order valence-corrected chi connectivity index (χ1v) is 8.19. The van der Waals surface area contributed by atoms with Crippen LogP contribution < -0.4 is 5.32 Å². The number of pyridine rings is 1. The maximum Gasteiger partial charge on any atom is 0.224 e. The van der Waals surface area contributed by atoms with Crippen molar-refractivity contribution in [1.29, 1.82) is 0 Å². The summed E-state index contributed by atoms with van der Waals surface area (Å²) in [5.74, 6) is 0.103. The molecule has 3 aromatic rings. The number of benzene rings is 2. The smallest absolute Gasteiger partial charge is 0.224 e. The van der Waals surface area contributed by atoms with Crippen LogP contribution >= 0.6 is 0 Å². The van der Waals surface area contributed by atoms with E-state index in [0.717, 1.165) is 35.2 Å². The third-order valence-corrected chi connectivity index (χ3v) is 4.42. The molecule has 4 rings (SSSR count). The van der Waals surface area contributed by atoms with Gasteiger partial charge in [0.15, 0.2) is 0 Å². The molecular weight excluding hydrogens is 296 g/mol. The molecule has 0 radical (unpaired) electrons. The Kier molecular flexibility index (Phi) is 3.83. The number of nitrogens with zero attached hydrogens (tertiary/aromatic N) is 1. The average Bonchev–Trinajstić information content (AvgIpc) is 2.63. The second-order valence-corrected chi connectivity index (χ2v) is 6.12. The second-order valence-electron chi connectivity index (χ2n) is 6.12. The van der Waals surface area contributed by atoms with Crippen molar-refractivity contribution in [3.63, 3.8) is 0 Å². The Labute approximate surface area is 141 Å². The van der Waals surface area contributed by atoms with E-state index in [4.69, 9.17) is 0 Å². The lowest BCUT2D eigenvalue weighted by atomic mass is 9.91. The largest absolute Gasteiger partial charge is 0.326 e. The second kappa shape index (κ2) is 6.28. The molecule has 24 heavy (non-hydrogen) atoms. The van der Waals surface area contributed by atoms with Crippen molar-refractivity contribution in [3.8, 4) is 11.1 Å². The molecule has 0 fully saturated rings. The number of hydrogen-bond donors (Lipinski definition) is 1. The summed E-state index contributed by atoms with van der Waals surface area (Å²) in [5, 5.41) is 3.07. The lowest BCUT2D eigenvalue weighted by Crippen LogP contribution is -2.20. The minimum absolute atomic E-state index is 0.103. The van der Waals surface area contributed by atoms with Crippen molar-refractivity contribution < 1.29 is 4.79 Å².